The Kier molecular flexibility index (Phi) is 4.06. The van der Waals surface area contributed by atoms with Crippen LogP contribution in [0.5, 0.6) is 0 Å². The molecule has 0 amide bonds. The van der Waals surface area contributed by atoms with Crippen molar-refractivity contribution in [2.75, 3.05) is 35.3 Å². The van der Waals surface area contributed by atoms with Crippen LogP contribution in [0.3, 0.4) is 0 Å². The van der Waals surface area contributed by atoms with E-state index in [-0.39, 0.29) is 0 Å². The first-order valence-corrected chi connectivity index (χ1v) is 8.79. The van der Waals surface area contributed by atoms with E-state index >= 15 is 0 Å². The highest BCUT2D eigenvalue weighted by Gasteiger charge is 2.30. The second-order valence-corrected chi connectivity index (χ2v) is 6.96. The predicted octanol–water partition coefficient (Wildman–Crippen LogP) is 3.04. The van der Waals surface area contributed by atoms with E-state index in [1.54, 1.807) is 0 Å². The number of hydrogen-bond donors (Lipinski definition) is 1. The Morgan fingerprint density at radius 3 is 2.70 bits per heavy atom. The molecule has 0 bridgehead atoms. The Morgan fingerprint density at radius 2 is 2.10 bits per heavy atom. The molecule has 1 N–H and O–H groups in total. The van der Waals surface area contributed by atoms with E-state index in [4.69, 9.17) is 9.97 Å². The average molecular weight is 292 g/mol. The van der Waals surface area contributed by atoms with Crippen molar-refractivity contribution in [2.24, 2.45) is 0 Å². The fourth-order valence-corrected chi connectivity index (χ4v) is 4.00. The summed E-state index contributed by atoms with van der Waals surface area (Å²) in [7, 11) is 2.19. The number of nitrogens with one attached hydrogen (secondary N) is 1. The first kappa shape index (κ1) is 14.0. The van der Waals surface area contributed by atoms with Crippen LogP contribution >= 0.6 is 11.8 Å². The molecule has 110 valence electrons. The van der Waals surface area contributed by atoms with Crippen molar-refractivity contribution >= 4 is 23.4 Å². The van der Waals surface area contributed by atoms with E-state index < -0.39 is 0 Å². The zero-order valence-corrected chi connectivity index (χ0v) is 13.5. The summed E-state index contributed by atoms with van der Waals surface area (Å²) in [5.41, 5.74) is 1.19. The molecule has 2 heterocycles. The molecule has 1 aliphatic carbocycles. The van der Waals surface area contributed by atoms with E-state index in [1.807, 2.05) is 11.8 Å². The van der Waals surface area contributed by atoms with Gasteiger partial charge in [0.2, 0.25) is 0 Å². The van der Waals surface area contributed by atoms with Gasteiger partial charge >= 0.3 is 0 Å². The minimum atomic E-state index is 0.595. The molecule has 2 aliphatic rings. The number of anilines is 2. The van der Waals surface area contributed by atoms with Crippen molar-refractivity contribution in [1.29, 1.82) is 0 Å². The monoisotopic (exact) mass is 292 g/mol. The lowest BCUT2D eigenvalue weighted by Gasteiger charge is -2.27. The summed E-state index contributed by atoms with van der Waals surface area (Å²) in [5.74, 6) is 6.28. The number of hydrogen-bond acceptors (Lipinski definition) is 5. The molecule has 5 heteroatoms. The van der Waals surface area contributed by atoms with E-state index in [2.05, 4.69) is 31.1 Å². The third-order valence-corrected chi connectivity index (χ3v) is 5.36. The fraction of sp³-hybridized carbons (Fsp3) is 0.733. The molecule has 3 rings (SSSR count). The molecule has 0 spiro atoms. The van der Waals surface area contributed by atoms with Gasteiger partial charge in [-0.25, -0.2) is 9.97 Å². The Morgan fingerprint density at radius 1 is 1.30 bits per heavy atom. The second kappa shape index (κ2) is 5.80. The van der Waals surface area contributed by atoms with Gasteiger partial charge in [-0.15, -0.1) is 0 Å². The number of nitrogens with zero attached hydrogens (tertiary/aromatic N) is 3. The predicted molar refractivity (Wildman–Crippen MR) is 87.0 cm³/mol. The highest BCUT2D eigenvalue weighted by molar-refractivity contribution is 7.99. The van der Waals surface area contributed by atoms with Crippen LogP contribution < -0.4 is 10.2 Å². The standard InChI is InChI=1S/C15H24N4S/c1-4-16-13-10(2)15(18-14(17-13)11-5-6-11)19(3)12-7-8-20-9-12/h11-12H,4-9H2,1-3H3,(H,16,17,18). The molecule has 20 heavy (non-hydrogen) atoms. The number of aromatic nitrogens is 2. The van der Waals surface area contributed by atoms with Crippen LogP contribution in [0.1, 0.15) is 43.5 Å². The van der Waals surface area contributed by atoms with Crippen LogP contribution in [-0.4, -0.2) is 41.1 Å². The van der Waals surface area contributed by atoms with Gasteiger partial charge in [-0.3, -0.25) is 0 Å². The minimum Gasteiger partial charge on any atom is -0.370 e. The van der Waals surface area contributed by atoms with Crippen LogP contribution in [0.4, 0.5) is 11.6 Å². The van der Waals surface area contributed by atoms with Crippen LogP contribution in [-0.2, 0) is 0 Å². The molecule has 1 aromatic rings. The van der Waals surface area contributed by atoms with E-state index in [0.29, 0.717) is 12.0 Å². The summed E-state index contributed by atoms with van der Waals surface area (Å²) < 4.78 is 0. The smallest absolute Gasteiger partial charge is 0.137 e. The minimum absolute atomic E-state index is 0.595. The van der Waals surface area contributed by atoms with Crippen molar-refractivity contribution in [3.63, 3.8) is 0 Å². The summed E-state index contributed by atoms with van der Waals surface area (Å²) >= 11 is 2.05. The van der Waals surface area contributed by atoms with Crippen molar-refractivity contribution in [2.45, 2.75) is 45.1 Å². The Bertz CT molecular complexity index is 481. The van der Waals surface area contributed by atoms with Gasteiger partial charge in [-0.2, -0.15) is 11.8 Å². The van der Waals surface area contributed by atoms with Crippen molar-refractivity contribution in [3.8, 4) is 0 Å². The average Bonchev–Trinajstić information content (AvgIpc) is 3.15. The summed E-state index contributed by atoms with van der Waals surface area (Å²) in [6.07, 6.45) is 3.76. The summed E-state index contributed by atoms with van der Waals surface area (Å²) in [5, 5.41) is 3.40. The van der Waals surface area contributed by atoms with Gasteiger partial charge in [-0.05, 0) is 38.9 Å². The number of thioether (sulfide) groups is 1. The molecule has 0 radical (unpaired) electrons. The first-order chi connectivity index (χ1) is 9.70. The molecule has 0 aromatic carbocycles. The van der Waals surface area contributed by atoms with Gasteiger partial charge < -0.3 is 10.2 Å². The van der Waals surface area contributed by atoms with E-state index in [0.717, 1.165) is 24.0 Å². The zero-order valence-electron chi connectivity index (χ0n) is 12.6. The van der Waals surface area contributed by atoms with Gasteiger partial charge in [0.15, 0.2) is 0 Å². The van der Waals surface area contributed by atoms with Crippen LogP contribution in [0.25, 0.3) is 0 Å². The Labute approximate surface area is 125 Å². The topological polar surface area (TPSA) is 41.1 Å². The Balaban J connectivity index is 1.94. The quantitative estimate of drug-likeness (QED) is 0.903. The molecule has 4 nitrogen and oxygen atoms in total. The SMILES string of the molecule is CCNc1nc(C2CC2)nc(N(C)C2CCSC2)c1C. The molecule has 1 atom stereocenters. The third-order valence-electron chi connectivity index (χ3n) is 4.21. The lowest BCUT2D eigenvalue weighted by Crippen LogP contribution is -2.33. The summed E-state index contributed by atoms with van der Waals surface area (Å²) in [4.78, 5) is 12.0. The first-order valence-electron chi connectivity index (χ1n) is 7.63. The number of rotatable bonds is 5. The van der Waals surface area contributed by atoms with Crippen molar-refractivity contribution < 1.29 is 0 Å². The molecule has 1 saturated heterocycles. The van der Waals surface area contributed by atoms with E-state index in [1.165, 1.54) is 36.3 Å². The van der Waals surface area contributed by atoms with Crippen LogP contribution in [0.15, 0.2) is 0 Å². The van der Waals surface area contributed by atoms with Gasteiger partial charge in [0.05, 0.1) is 0 Å². The summed E-state index contributed by atoms with van der Waals surface area (Å²) in [6.45, 7) is 5.17. The van der Waals surface area contributed by atoms with E-state index in [9.17, 15) is 0 Å². The van der Waals surface area contributed by atoms with Gasteiger partial charge in [-0.1, -0.05) is 0 Å². The summed E-state index contributed by atoms with van der Waals surface area (Å²) in [6, 6.07) is 0.620. The van der Waals surface area contributed by atoms with Gasteiger partial charge in [0.25, 0.3) is 0 Å². The van der Waals surface area contributed by atoms with Crippen LogP contribution in [0, 0.1) is 6.92 Å². The lowest BCUT2D eigenvalue weighted by molar-refractivity contribution is 0.684. The largest absolute Gasteiger partial charge is 0.370 e. The normalized spacial score (nSPS) is 22.1. The molecule has 1 unspecified atom stereocenters. The van der Waals surface area contributed by atoms with Crippen LogP contribution in [0.2, 0.25) is 0 Å². The molecular weight excluding hydrogens is 268 g/mol. The zero-order chi connectivity index (χ0) is 14.1. The highest BCUT2D eigenvalue weighted by Crippen LogP contribution is 2.40. The lowest BCUT2D eigenvalue weighted by atomic mass is 10.2. The highest BCUT2D eigenvalue weighted by atomic mass is 32.2. The molecule has 2 fully saturated rings. The molecule has 1 saturated carbocycles. The van der Waals surface area contributed by atoms with Crippen molar-refractivity contribution in [1.82, 2.24) is 9.97 Å². The molecular formula is C15H24N4S. The van der Waals surface area contributed by atoms with Gasteiger partial charge in [0, 0.05) is 36.9 Å². The second-order valence-electron chi connectivity index (χ2n) is 5.81. The maximum absolute atomic E-state index is 4.89. The third kappa shape index (κ3) is 2.73. The Hall–Kier alpha value is -0.970. The molecule has 1 aromatic heterocycles. The maximum Gasteiger partial charge on any atom is 0.137 e. The van der Waals surface area contributed by atoms with Gasteiger partial charge in [0.1, 0.15) is 17.5 Å². The molecule has 1 aliphatic heterocycles. The maximum atomic E-state index is 4.89. The van der Waals surface area contributed by atoms with Crippen molar-refractivity contribution in [3.05, 3.63) is 11.4 Å². The fourth-order valence-electron chi connectivity index (χ4n) is 2.73.